The first-order valence-electron chi connectivity index (χ1n) is 7.20. The average molecular weight is 303 g/mol. The molecule has 22 heavy (non-hydrogen) atoms. The molecule has 1 saturated heterocycles. The second kappa shape index (κ2) is 5.67. The van der Waals surface area contributed by atoms with E-state index in [0.29, 0.717) is 43.1 Å². The molecule has 0 saturated carbocycles. The Kier molecular flexibility index (Phi) is 3.70. The lowest BCUT2D eigenvalue weighted by Crippen LogP contribution is -2.37. The van der Waals surface area contributed by atoms with Crippen molar-refractivity contribution >= 4 is 29.1 Å². The number of benzene rings is 1. The number of carbonyl (C=O) groups is 3. The first-order valence-corrected chi connectivity index (χ1v) is 7.20. The van der Waals surface area contributed by atoms with Crippen LogP contribution in [0, 0.1) is 0 Å². The van der Waals surface area contributed by atoms with E-state index in [4.69, 9.17) is 4.74 Å². The van der Waals surface area contributed by atoms with Gasteiger partial charge in [-0.25, -0.2) is 0 Å². The molecule has 2 heterocycles. The lowest BCUT2D eigenvalue weighted by atomic mass is 10.2. The molecule has 1 aromatic rings. The first-order chi connectivity index (χ1) is 10.5. The number of carbonyl (C=O) groups excluding carboxylic acids is 3. The Morgan fingerprint density at radius 1 is 1.41 bits per heavy atom. The zero-order valence-electron chi connectivity index (χ0n) is 12.2. The molecular formula is C15H17N3O4. The molecule has 7 heteroatoms. The van der Waals surface area contributed by atoms with Crippen molar-refractivity contribution in [3.63, 3.8) is 0 Å². The standard InChI is InChI=1S/C15H17N3O4/c1-9(19)18-6-7-22-13-8-10(2-4-12(13)18)16-15(21)11-3-5-14(20)17-11/h2,4,8,11H,3,5-7H2,1H3,(H,16,21)(H,17,20). The van der Waals surface area contributed by atoms with Gasteiger partial charge in [-0.05, 0) is 18.6 Å². The van der Waals surface area contributed by atoms with Gasteiger partial charge in [-0.2, -0.15) is 0 Å². The summed E-state index contributed by atoms with van der Waals surface area (Å²) in [6.45, 7) is 2.44. The predicted molar refractivity (Wildman–Crippen MR) is 79.8 cm³/mol. The van der Waals surface area contributed by atoms with Gasteiger partial charge in [0.15, 0.2) is 0 Å². The highest BCUT2D eigenvalue weighted by atomic mass is 16.5. The van der Waals surface area contributed by atoms with Gasteiger partial charge in [0.05, 0.1) is 12.2 Å². The van der Waals surface area contributed by atoms with E-state index in [1.165, 1.54) is 6.92 Å². The van der Waals surface area contributed by atoms with Crippen LogP contribution in [0.15, 0.2) is 18.2 Å². The maximum Gasteiger partial charge on any atom is 0.246 e. The van der Waals surface area contributed by atoms with Gasteiger partial charge in [0.2, 0.25) is 17.7 Å². The Morgan fingerprint density at radius 3 is 2.91 bits per heavy atom. The van der Waals surface area contributed by atoms with Crippen LogP contribution in [0.1, 0.15) is 19.8 Å². The van der Waals surface area contributed by atoms with E-state index in [1.807, 2.05) is 0 Å². The third kappa shape index (κ3) is 2.74. The van der Waals surface area contributed by atoms with E-state index in [9.17, 15) is 14.4 Å². The highest BCUT2D eigenvalue weighted by Crippen LogP contribution is 2.34. The molecule has 0 radical (unpaired) electrons. The number of amides is 3. The van der Waals surface area contributed by atoms with Gasteiger partial charge in [0.1, 0.15) is 18.4 Å². The largest absolute Gasteiger partial charge is 0.489 e. The van der Waals surface area contributed by atoms with E-state index < -0.39 is 6.04 Å². The van der Waals surface area contributed by atoms with Crippen LogP contribution in [0.5, 0.6) is 5.75 Å². The lowest BCUT2D eigenvalue weighted by Gasteiger charge is -2.29. The molecule has 0 aromatic heterocycles. The molecule has 3 rings (SSSR count). The molecule has 0 spiro atoms. The number of fused-ring (bicyclic) bond motifs is 1. The Bertz CT molecular complexity index is 644. The number of nitrogens with one attached hydrogen (secondary N) is 2. The Morgan fingerprint density at radius 2 is 2.23 bits per heavy atom. The number of hydrogen-bond acceptors (Lipinski definition) is 4. The summed E-state index contributed by atoms with van der Waals surface area (Å²) < 4.78 is 5.55. The Balaban J connectivity index is 1.75. The monoisotopic (exact) mass is 303 g/mol. The van der Waals surface area contributed by atoms with Crippen LogP contribution in [0.25, 0.3) is 0 Å². The van der Waals surface area contributed by atoms with Crippen LogP contribution in [0.4, 0.5) is 11.4 Å². The minimum Gasteiger partial charge on any atom is -0.489 e. The molecule has 7 nitrogen and oxygen atoms in total. The molecule has 0 bridgehead atoms. The van der Waals surface area contributed by atoms with Crippen molar-refractivity contribution in [1.29, 1.82) is 0 Å². The Labute approximate surface area is 127 Å². The van der Waals surface area contributed by atoms with Crippen LogP contribution in [0.2, 0.25) is 0 Å². The smallest absolute Gasteiger partial charge is 0.246 e. The average Bonchev–Trinajstić information content (AvgIpc) is 2.93. The third-order valence-corrected chi connectivity index (χ3v) is 3.78. The topological polar surface area (TPSA) is 87.7 Å². The van der Waals surface area contributed by atoms with Gasteiger partial charge in [-0.1, -0.05) is 0 Å². The molecule has 0 aliphatic carbocycles. The van der Waals surface area contributed by atoms with Gasteiger partial charge in [0, 0.05) is 25.1 Å². The predicted octanol–water partition coefficient (Wildman–Crippen LogP) is 0.649. The van der Waals surface area contributed by atoms with E-state index >= 15 is 0 Å². The number of hydrogen-bond donors (Lipinski definition) is 2. The second-order valence-corrected chi connectivity index (χ2v) is 5.35. The highest BCUT2D eigenvalue weighted by Gasteiger charge is 2.27. The van der Waals surface area contributed by atoms with Crippen LogP contribution < -0.4 is 20.3 Å². The van der Waals surface area contributed by atoms with Gasteiger partial charge in [0.25, 0.3) is 0 Å². The minimum atomic E-state index is -0.488. The van der Waals surface area contributed by atoms with E-state index in [-0.39, 0.29) is 17.7 Å². The summed E-state index contributed by atoms with van der Waals surface area (Å²) in [7, 11) is 0. The normalized spacial score (nSPS) is 20.0. The summed E-state index contributed by atoms with van der Waals surface area (Å²) >= 11 is 0. The second-order valence-electron chi connectivity index (χ2n) is 5.35. The van der Waals surface area contributed by atoms with E-state index in [0.717, 1.165) is 0 Å². The van der Waals surface area contributed by atoms with Crippen molar-refractivity contribution in [2.75, 3.05) is 23.4 Å². The van der Waals surface area contributed by atoms with Crippen molar-refractivity contribution in [1.82, 2.24) is 5.32 Å². The fraction of sp³-hybridized carbons (Fsp3) is 0.400. The number of ether oxygens (including phenoxy) is 1. The fourth-order valence-electron chi connectivity index (χ4n) is 2.67. The van der Waals surface area contributed by atoms with Crippen LogP contribution >= 0.6 is 0 Å². The molecule has 2 aliphatic rings. The first kappa shape index (κ1) is 14.4. The molecule has 1 fully saturated rings. The number of anilines is 2. The zero-order valence-corrected chi connectivity index (χ0v) is 12.2. The van der Waals surface area contributed by atoms with Gasteiger partial charge >= 0.3 is 0 Å². The minimum absolute atomic E-state index is 0.0463. The van der Waals surface area contributed by atoms with Crippen LogP contribution in [-0.4, -0.2) is 36.9 Å². The summed E-state index contributed by atoms with van der Waals surface area (Å²) in [4.78, 5) is 36.5. The lowest BCUT2D eigenvalue weighted by molar-refractivity contribution is -0.122. The zero-order chi connectivity index (χ0) is 15.7. The molecule has 2 N–H and O–H groups in total. The molecule has 3 amide bonds. The van der Waals surface area contributed by atoms with Crippen molar-refractivity contribution < 1.29 is 19.1 Å². The molecule has 1 unspecified atom stereocenters. The molecule has 2 aliphatic heterocycles. The Hall–Kier alpha value is -2.57. The number of rotatable bonds is 2. The van der Waals surface area contributed by atoms with E-state index in [2.05, 4.69) is 10.6 Å². The highest BCUT2D eigenvalue weighted by molar-refractivity contribution is 6.00. The van der Waals surface area contributed by atoms with Crippen molar-refractivity contribution in [3.8, 4) is 5.75 Å². The van der Waals surface area contributed by atoms with Crippen LogP contribution in [0.3, 0.4) is 0 Å². The molecule has 1 aromatic carbocycles. The van der Waals surface area contributed by atoms with Gasteiger partial charge in [-0.3, -0.25) is 14.4 Å². The molecular weight excluding hydrogens is 286 g/mol. The molecule has 1 atom stereocenters. The summed E-state index contributed by atoms with van der Waals surface area (Å²) in [5, 5.41) is 5.38. The quantitative estimate of drug-likeness (QED) is 0.839. The maximum absolute atomic E-state index is 12.1. The van der Waals surface area contributed by atoms with Crippen molar-refractivity contribution in [3.05, 3.63) is 18.2 Å². The third-order valence-electron chi connectivity index (χ3n) is 3.78. The van der Waals surface area contributed by atoms with E-state index in [1.54, 1.807) is 23.1 Å². The summed E-state index contributed by atoms with van der Waals surface area (Å²) in [5.74, 6) is 0.167. The SMILES string of the molecule is CC(=O)N1CCOc2cc(NC(=O)C3CCC(=O)N3)ccc21. The maximum atomic E-state index is 12.1. The van der Waals surface area contributed by atoms with Crippen molar-refractivity contribution in [2.24, 2.45) is 0 Å². The summed E-state index contributed by atoms with van der Waals surface area (Å²) in [6.07, 6.45) is 0.878. The van der Waals surface area contributed by atoms with Gasteiger partial charge < -0.3 is 20.3 Å². The summed E-state index contributed by atoms with van der Waals surface area (Å²) in [5.41, 5.74) is 1.28. The van der Waals surface area contributed by atoms with Gasteiger partial charge in [-0.15, -0.1) is 0 Å². The fourth-order valence-corrected chi connectivity index (χ4v) is 2.67. The molecule has 116 valence electrons. The van der Waals surface area contributed by atoms with Crippen molar-refractivity contribution in [2.45, 2.75) is 25.8 Å². The summed E-state index contributed by atoms with van der Waals surface area (Å²) in [6, 6.07) is 4.67. The van der Waals surface area contributed by atoms with Crippen LogP contribution in [-0.2, 0) is 14.4 Å². The number of nitrogens with zero attached hydrogens (tertiary/aromatic N) is 1.